The van der Waals surface area contributed by atoms with Crippen molar-refractivity contribution in [3.05, 3.63) is 0 Å². The van der Waals surface area contributed by atoms with E-state index in [1.165, 1.54) is 0 Å². The first-order valence-corrected chi connectivity index (χ1v) is 3.70. The third-order valence-electron chi connectivity index (χ3n) is 1.63. The predicted octanol–water partition coefficient (Wildman–Crippen LogP) is 1.83. The Bertz CT molecular complexity index is 124. The maximum absolute atomic E-state index is 8.49. The van der Waals surface area contributed by atoms with Gasteiger partial charge >= 0.3 is 0 Å². The lowest BCUT2D eigenvalue weighted by atomic mass is 10.1. The Balaban J connectivity index is 3.64. The summed E-state index contributed by atoms with van der Waals surface area (Å²) in [4.78, 5) is 1.69. The minimum Gasteiger partial charge on any atom is -0.311 e. The summed E-state index contributed by atoms with van der Waals surface area (Å²) in [5.41, 5.74) is 0. The van der Waals surface area contributed by atoms with Gasteiger partial charge in [-0.05, 0) is 19.3 Å². The fourth-order valence-electron chi connectivity index (χ4n) is 0.939. The van der Waals surface area contributed by atoms with Crippen molar-refractivity contribution in [1.29, 1.82) is 5.26 Å². The Hall–Kier alpha value is -0.710. The van der Waals surface area contributed by atoms with Crippen LogP contribution in [0.25, 0.3) is 0 Å². The molecule has 0 saturated heterocycles. The van der Waals surface area contributed by atoms with Gasteiger partial charge in [0.1, 0.15) is 0 Å². The Morgan fingerprint density at radius 1 is 1.40 bits per heavy atom. The van der Waals surface area contributed by atoms with Gasteiger partial charge in [-0.15, -0.1) is 0 Å². The molecule has 2 nitrogen and oxygen atoms in total. The SMILES string of the molecule is CC(C)CC(C)N(C)C#N. The standard InChI is InChI=1S/C8H16N2/c1-7(2)5-8(3)10(4)6-9/h7-8H,5H2,1-4H3. The van der Waals surface area contributed by atoms with Gasteiger partial charge < -0.3 is 4.90 Å². The minimum atomic E-state index is 0.380. The fourth-order valence-corrected chi connectivity index (χ4v) is 0.939. The molecule has 2 heteroatoms. The molecule has 0 bridgehead atoms. The largest absolute Gasteiger partial charge is 0.311 e. The summed E-state index contributed by atoms with van der Waals surface area (Å²) in [6, 6.07) is 0.380. The molecule has 0 aliphatic carbocycles. The number of hydrogen-bond donors (Lipinski definition) is 0. The van der Waals surface area contributed by atoms with Crippen LogP contribution >= 0.6 is 0 Å². The molecule has 0 aromatic rings. The quantitative estimate of drug-likeness (QED) is 0.442. The minimum absolute atomic E-state index is 0.380. The molecule has 0 saturated carbocycles. The van der Waals surface area contributed by atoms with Crippen LogP contribution < -0.4 is 0 Å². The highest BCUT2D eigenvalue weighted by Gasteiger charge is 2.07. The van der Waals surface area contributed by atoms with Gasteiger partial charge in [-0.2, -0.15) is 5.26 Å². The highest BCUT2D eigenvalue weighted by atomic mass is 15.1. The first-order valence-electron chi connectivity index (χ1n) is 3.70. The van der Waals surface area contributed by atoms with Gasteiger partial charge in [-0.25, -0.2) is 0 Å². The molecule has 0 aliphatic rings. The summed E-state index contributed by atoms with van der Waals surface area (Å²) in [5, 5.41) is 8.49. The Kier molecular flexibility index (Phi) is 3.87. The lowest BCUT2D eigenvalue weighted by Crippen LogP contribution is -2.25. The van der Waals surface area contributed by atoms with Crippen LogP contribution in [0.2, 0.25) is 0 Å². The molecule has 1 atom stereocenters. The third-order valence-corrected chi connectivity index (χ3v) is 1.63. The molecule has 0 aromatic carbocycles. The number of nitrogens with zero attached hydrogens (tertiary/aromatic N) is 2. The van der Waals surface area contributed by atoms with Crippen LogP contribution in [-0.4, -0.2) is 18.0 Å². The van der Waals surface area contributed by atoms with Gasteiger partial charge in [0.05, 0.1) is 0 Å². The van der Waals surface area contributed by atoms with E-state index in [1.807, 2.05) is 7.05 Å². The van der Waals surface area contributed by atoms with Crippen molar-refractivity contribution < 1.29 is 0 Å². The second kappa shape index (κ2) is 4.16. The zero-order valence-corrected chi connectivity index (χ0v) is 7.26. The highest BCUT2D eigenvalue weighted by Crippen LogP contribution is 2.07. The van der Waals surface area contributed by atoms with Crippen molar-refractivity contribution in [2.24, 2.45) is 5.92 Å². The smallest absolute Gasteiger partial charge is 0.179 e. The van der Waals surface area contributed by atoms with Crippen LogP contribution in [0.3, 0.4) is 0 Å². The lowest BCUT2D eigenvalue weighted by Gasteiger charge is -2.19. The summed E-state index contributed by atoms with van der Waals surface area (Å²) in [7, 11) is 1.83. The van der Waals surface area contributed by atoms with Crippen molar-refractivity contribution in [1.82, 2.24) is 4.90 Å². The predicted molar refractivity (Wildman–Crippen MR) is 42.3 cm³/mol. The van der Waals surface area contributed by atoms with Crippen LogP contribution in [0.1, 0.15) is 27.2 Å². The Labute approximate surface area is 63.4 Å². The van der Waals surface area contributed by atoms with E-state index in [-0.39, 0.29) is 0 Å². The first kappa shape index (κ1) is 9.29. The maximum Gasteiger partial charge on any atom is 0.179 e. The van der Waals surface area contributed by atoms with E-state index in [4.69, 9.17) is 5.26 Å². The summed E-state index contributed by atoms with van der Waals surface area (Å²) in [5.74, 6) is 0.672. The second-order valence-electron chi connectivity index (χ2n) is 3.19. The summed E-state index contributed by atoms with van der Waals surface area (Å²) in [6.45, 7) is 6.41. The summed E-state index contributed by atoms with van der Waals surface area (Å²) >= 11 is 0. The average Bonchev–Trinajstić information content (AvgIpc) is 1.85. The van der Waals surface area contributed by atoms with Crippen molar-refractivity contribution in [3.63, 3.8) is 0 Å². The Morgan fingerprint density at radius 3 is 2.20 bits per heavy atom. The first-order chi connectivity index (χ1) is 4.57. The number of rotatable bonds is 3. The topological polar surface area (TPSA) is 27.0 Å². The molecule has 10 heavy (non-hydrogen) atoms. The van der Waals surface area contributed by atoms with Crippen molar-refractivity contribution in [2.75, 3.05) is 7.05 Å². The van der Waals surface area contributed by atoms with Crippen LogP contribution in [0.5, 0.6) is 0 Å². The molecule has 0 amide bonds. The maximum atomic E-state index is 8.49. The lowest BCUT2D eigenvalue weighted by molar-refractivity contribution is 0.315. The highest BCUT2D eigenvalue weighted by molar-refractivity contribution is 4.75. The van der Waals surface area contributed by atoms with Crippen molar-refractivity contribution in [3.8, 4) is 6.19 Å². The van der Waals surface area contributed by atoms with E-state index in [9.17, 15) is 0 Å². The zero-order chi connectivity index (χ0) is 8.15. The molecular weight excluding hydrogens is 124 g/mol. The molecular formula is C8H16N2. The van der Waals surface area contributed by atoms with Crippen LogP contribution in [0, 0.1) is 17.4 Å². The summed E-state index contributed by atoms with van der Waals surface area (Å²) < 4.78 is 0. The average molecular weight is 140 g/mol. The summed E-state index contributed by atoms with van der Waals surface area (Å²) in [6.07, 6.45) is 3.19. The number of nitriles is 1. The van der Waals surface area contributed by atoms with Gasteiger partial charge in [0.2, 0.25) is 0 Å². The number of hydrogen-bond acceptors (Lipinski definition) is 2. The van der Waals surface area contributed by atoms with Crippen LogP contribution in [0.15, 0.2) is 0 Å². The molecule has 0 heterocycles. The van der Waals surface area contributed by atoms with E-state index < -0.39 is 0 Å². The molecule has 0 radical (unpaired) electrons. The molecule has 0 rings (SSSR count). The van der Waals surface area contributed by atoms with Gasteiger partial charge in [-0.3, -0.25) is 0 Å². The normalized spacial score (nSPS) is 12.8. The van der Waals surface area contributed by atoms with E-state index in [1.54, 1.807) is 4.90 Å². The Morgan fingerprint density at radius 2 is 1.90 bits per heavy atom. The molecule has 0 aliphatic heterocycles. The molecule has 0 fully saturated rings. The van der Waals surface area contributed by atoms with E-state index >= 15 is 0 Å². The van der Waals surface area contributed by atoms with Crippen molar-refractivity contribution in [2.45, 2.75) is 33.2 Å². The fraction of sp³-hybridized carbons (Fsp3) is 0.875. The van der Waals surface area contributed by atoms with Gasteiger partial charge in [-0.1, -0.05) is 13.8 Å². The van der Waals surface area contributed by atoms with E-state index in [0.29, 0.717) is 12.0 Å². The zero-order valence-electron chi connectivity index (χ0n) is 7.26. The van der Waals surface area contributed by atoms with E-state index in [0.717, 1.165) is 6.42 Å². The van der Waals surface area contributed by atoms with E-state index in [2.05, 4.69) is 27.0 Å². The second-order valence-corrected chi connectivity index (χ2v) is 3.19. The van der Waals surface area contributed by atoms with Gasteiger partial charge in [0.15, 0.2) is 6.19 Å². The monoisotopic (exact) mass is 140 g/mol. The van der Waals surface area contributed by atoms with Crippen LogP contribution in [0.4, 0.5) is 0 Å². The van der Waals surface area contributed by atoms with Crippen LogP contribution in [-0.2, 0) is 0 Å². The molecule has 58 valence electrons. The molecule has 1 unspecified atom stereocenters. The van der Waals surface area contributed by atoms with Crippen molar-refractivity contribution >= 4 is 0 Å². The van der Waals surface area contributed by atoms with Gasteiger partial charge in [0.25, 0.3) is 0 Å². The van der Waals surface area contributed by atoms with Gasteiger partial charge in [0, 0.05) is 13.1 Å². The molecule has 0 N–H and O–H groups in total. The molecule has 0 aromatic heterocycles. The third kappa shape index (κ3) is 3.34. The molecule has 0 spiro atoms.